The molecule has 0 bridgehead atoms. The maximum Gasteiger partial charge on any atom is 0.421 e. The predicted octanol–water partition coefficient (Wildman–Crippen LogP) is 2.90. The fraction of sp³-hybridized carbons (Fsp3) is 0.611. The van der Waals surface area contributed by atoms with E-state index in [4.69, 9.17) is 4.74 Å². The van der Waals surface area contributed by atoms with Crippen LogP contribution in [0.3, 0.4) is 0 Å². The van der Waals surface area contributed by atoms with Gasteiger partial charge >= 0.3 is 6.18 Å². The van der Waals surface area contributed by atoms with Crippen LogP contribution in [0, 0.1) is 6.92 Å². The fourth-order valence-corrected chi connectivity index (χ4v) is 3.35. The zero-order valence-electron chi connectivity index (χ0n) is 17.0. The van der Waals surface area contributed by atoms with Crippen LogP contribution in [0.5, 0.6) is 0 Å². The Kier molecular flexibility index (Phi) is 5.99. The molecule has 0 spiro atoms. The number of hydrogen-bond acceptors (Lipinski definition) is 7. The molecule has 0 atom stereocenters. The molecule has 0 amide bonds. The van der Waals surface area contributed by atoms with Gasteiger partial charge in [-0.15, -0.1) is 0 Å². The summed E-state index contributed by atoms with van der Waals surface area (Å²) in [6, 6.07) is 0. The van der Waals surface area contributed by atoms with Crippen LogP contribution in [0.25, 0.3) is 0 Å². The summed E-state index contributed by atoms with van der Waals surface area (Å²) in [5.74, 6) is -0.217. The van der Waals surface area contributed by atoms with Gasteiger partial charge in [0.15, 0.2) is 0 Å². The van der Waals surface area contributed by atoms with E-state index in [0.29, 0.717) is 31.1 Å². The Morgan fingerprint density at radius 3 is 2.52 bits per heavy atom. The van der Waals surface area contributed by atoms with E-state index >= 15 is 0 Å². The van der Waals surface area contributed by atoms with Gasteiger partial charge in [-0.2, -0.15) is 23.3 Å². The van der Waals surface area contributed by atoms with Crippen molar-refractivity contribution in [1.29, 1.82) is 0 Å². The van der Waals surface area contributed by atoms with Crippen molar-refractivity contribution in [1.82, 2.24) is 24.6 Å². The Morgan fingerprint density at radius 2 is 1.90 bits per heavy atom. The van der Waals surface area contributed by atoms with Crippen LogP contribution in [-0.2, 0) is 17.5 Å². The van der Waals surface area contributed by atoms with Gasteiger partial charge in [-0.3, -0.25) is 9.58 Å². The summed E-state index contributed by atoms with van der Waals surface area (Å²) in [6.45, 7) is 9.95. The van der Waals surface area contributed by atoms with Crippen LogP contribution in [0.2, 0.25) is 0 Å². The van der Waals surface area contributed by atoms with Crippen molar-refractivity contribution < 1.29 is 17.9 Å². The first-order valence-corrected chi connectivity index (χ1v) is 9.36. The average Bonchev–Trinajstić information content (AvgIpc) is 2.99. The second-order valence-corrected chi connectivity index (χ2v) is 7.57. The third kappa shape index (κ3) is 4.96. The van der Waals surface area contributed by atoms with E-state index in [0.717, 1.165) is 19.3 Å². The van der Waals surface area contributed by atoms with Gasteiger partial charge in [-0.05, 0) is 20.8 Å². The number of aromatic nitrogens is 4. The van der Waals surface area contributed by atoms with E-state index in [1.807, 2.05) is 17.8 Å². The maximum atomic E-state index is 13.0. The number of nitrogens with zero attached hydrogens (tertiary/aromatic N) is 5. The van der Waals surface area contributed by atoms with Gasteiger partial charge in [0.1, 0.15) is 11.4 Å². The van der Waals surface area contributed by atoms with Gasteiger partial charge in [0, 0.05) is 38.1 Å². The van der Waals surface area contributed by atoms with Gasteiger partial charge in [0.2, 0.25) is 5.95 Å². The molecule has 1 fully saturated rings. The zero-order chi connectivity index (χ0) is 21.2. The van der Waals surface area contributed by atoms with Gasteiger partial charge in [0.25, 0.3) is 0 Å². The fourth-order valence-electron chi connectivity index (χ4n) is 3.35. The molecule has 29 heavy (non-hydrogen) atoms. The van der Waals surface area contributed by atoms with Crippen molar-refractivity contribution in [3.05, 3.63) is 23.7 Å². The lowest BCUT2D eigenvalue weighted by atomic mass is 10.0. The molecule has 0 radical (unpaired) electrons. The van der Waals surface area contributed by atoms with E-state index in [1.165, 1.54) is 7.05 Å². The van der Waals surface area contributed by atoms with Gasteiger partial charge in [-0.25, -0.2) is 4.98 Å². The highest BCUT2D eigenvalue weighted by atomic mass is 19.4. The summed E-state index contributed by atoms with van der Waals surface area (Å²) in [6.07, 6.45) is -1.94. The van der Waals surface area contributed by atoms with Crippen LogP contribution in [0.15, 0.2) is 12.4 Å². The predicted molar refractivity (Wildman–Crippen MR) is 103 cm³/mol. The highest BCUT2D eigenvalue weighted by Crippen LogP contribution is 2.34. The minimum absolute atomic E-state index is 0.0671. The van der Waals surface area contributed by atoms with E-state index in [9.17, 15) is 13.2 Å². The molecule has 8 nitrogen and oxygen atoms in total. The molecule has 2 N–H and O–H groups in total. The standard InChI is InChI=1S/C18H26F3N7O/c1-12-14(24-16-23-9-13(18(19,20)21)15(22-4)25-16)10-28(26-12)11-17(2,3)27-5-7-29-8-6-27/h9-10H,5-8,11H2,1-4H3,(H2,22,23,24,25). The second kappa shape index (κ2) is 8.15. The first-order valence-electron chi connectivity index (χ1n) is 9.36. The molecule has 0 aromatic carbocycles. The zero-order valence-corrected chi connectivity index (χ0v) is 17.0. The van der Waals surface area contributed by atoms with Crippen LogP contribution < -0.4 is 10.6 Å². The number of ether oxygens (including phenoxy) is 1. The second-order valence-electron chi connectivity index (χ2n) is 7.57. The largest absolute Gasteiger partial charge is 0.421 e. The Morgan fingerprint density at radius 1 is 1.21 bits per heavy atom. The summed E-state index contributed by atoms with van der Waals surface area (Å²) in [5, 5.41) is 9.96. The maximum absolute atomic E-state index is 13.0. The Hall–Kier alpha value is -2.40. The van der Waals surface area contributed by atoms with E-state index < -0.39 is 11.7 Å². The lowest BCUT2D eigenvalue weighted by Gasteiger charge is -2.40. The molecule has 0 saturated carbocycles. The van der Waals surface area contributed by atoms with Crippen molar-refractivity contribution in [2.75, 3.05) is 44.0 Å². The molecule has 0 unspecified atom stereocenters. The number of hydrogen-bond donors (Lipinski definition) is 2. The molecule has 160 valence electrons. The van der Waals surface area contributed by atoms with Gasteiger partial charge in [0.05, 0.1) is 31.1 Å². The van der Waals surface area contributed by atoms with E-state index in [-0.39, 0.29) is 17.3 Å². The molecular formula is C18H26F3N7O. The normalized spacial score (nSPS) is 16.1. The Bertz CT molecular complexity index is 844. The van der Waals surface area contributed by atoms with Crippen molar-refractivity contribution in [3.63, 3.8) is 0 Å². The average molecular weight is 413 g/mol. The summed E-state index contributed by atoms with van der Waals surface area (Å²) in [5.41, 5.74) is 0.316. The number of aryl methyl sites for hydroxylation is 1. The van der Waals surface area contributed by atoms with Gasteiger partial charge in [-0.1, -0.05) is 0 Å². The van der Waals surface area contributed by atoms with Crippen LogP contribution in [-0.4, -0.2) is 63.5 Å². The molecule has 2 aromatic rings. The van der Waals surface area contributed by atoms with Crippen molar-refractivity contribution in [3.8, 4) is 0 Å². The highest BCUT2D eigenvalue weighted by Gasteiger charge is 2.35. The quantitative estimate of drug-likeness (QED) is 0.754. The molecule has 1 aliphatic rings. The highest BCUT2D eigenvalue weighted by molar-refractivity contribution is 5.57. The number of halogens is 3. The van der Waals surface area contributed by atoms with E-state index in [2.05, 4.69) is 44.4 Å². The summed E-state index contributed by atoms with van der Waals surface area (Å²) in [7, 11) is 1.39. The minimum atomic E-state index is -4.53. The molecule has 3 rings (SSSR count). The molecule has 1 aliphatic heterocycles. The monoisotopic (exact) mass is 413 g/mol. The van der Waals surface area contributed by atoms with Gasteiger partial charge < -0.3 is 15.4 Å². The minimum Gasteiger partial charge on any atom is -0.379 e. The van der Waals surface area contributed by atoms with E-state index in [1.54, 1.807) is 0 Å². The SMILES string of the molecule is CNc1nc(Nc2cn(CC(C)(C)N3CCOCC3)nc2C)ncc1C(F)(F)F. The number of rotatable bonds is 6. The first-order chi connectivity index (χ1) is 13.6. The third-order valence-electron chi connectivity index (χ3n) is 4.94. The molecular weight excluding hydrogens is 387 g/mol. The number of nitrogens with one attached hydrogen (secondary N) is 2. The van der Waals surface area contributed by atoms with Crippen molar-refractivity contribution in [2.45, 2.75) is 39.0 Å². The smallest absolute Gasteiger partial charge is 0.379 e. The summed E-state index contributed by atoms with van der Waals surface area (Å²) >= 11 is 0. The lowest BCUT2D eigenvalue weighted by Crippen LogP contribution is -2.52. The molecule has 1 saturated heterocycles. The molecule has 11 heteroatoms. The van der Waals surface area contributed by atoms with Crippen LogP contribution in [0.4, 0.5) is 30.6 Å². The summed E-state index contributed by atoms with van der Waals surface area (Å²) < 4.78 is 46.3. The van der Waals surface area contributed by atoms with Crippen molar-refractivity contribution >= 4 is 17.5 Å². The molecule has 0 aliphatic carbocycles. The molecule has 3 heterocycles. The van der Waals surface area contributed by atoms with Crippen molar-refractivity contribution in [2.24, 2.45) is 0 Å². The number of morpholine rings is 1. The summed E-state index contributed by atoms with van der Waals surface area (Å²) in [4.78, 5) is 10.1. The Labute approximate surface area is 167 Å². The lowest BCUT2D eigenvalue weighted by molar-refractivity contribution is -0.137. The Balaban J connectivity index is 1.75. The topological polar surface area (TPSA) is 80.1 Å². The number of anilines is 3. The van der Waals surface area contributed by atoms with Crippen LogP contribution in [0.1, 0.15) is 25.1 Å². The third-order valence-corrected chi connectivity index (χ3v) is 4.94. The number of alkyl halides is 3. The first kappa shape index (κ1) is 21.3. The van der Waals surface area contributed by atoms with Crippen LogP contribution >= 0.6 is 0 Å². The molecule has 2 aromatic heterocycles.